The number of hydrogen-bond acceptors (Lipinski definition) is 6. The van der Waals surface area contributed by atoms with E-state index in [1.165, 1.54) is 0 Å². The molecule has 0 bridgehead atoms. The number of fused-ring (bicyclic) bond motifs is 1. The first-order valence-electron chi connectivity index (χ1n) is 8.49. The van der Waals surface area contributed by atoms with Crippen LogP contribution in [-0.2, 0) is 17.8 Å². The van der Waals surface area contributed by atoms with Gasteiger partial charge in [-0.25, -0.2) is 9.48 Å². The summed E-state index contributed by atoms with van der Waals surface area (Å²) in [6, 6.07) is 7.75. The number of hydrogen-bond donors (Lipinski definition) is 1. The molecule has 1 aliphatic rings. The molecule has 1 fully saturated rings. The minimum atomic E-state index is -0.0607. The van der Waals surface area contributed by atoms with Gasteiger partial charge in [0.1, 0.15) is 0 Å². The first-order chi connectivity index (χ1) is 12.3. The summed E-state index contributed by atoms with van der Waals surface area (Å²) in [5.74, 6) is 0.845. The van der Waals surface area contributed by atoms with E-state index in [4.69, 9.17) is 4.74 Å². The molecule has 1 saturated heterocycles. The van der Waals surface area contributed by atoms with Gasteiger partial charge in [0.2, 0.25) is 5.16 Å². The summed E-state index contributed by atoms with van der Waals surface area (Å²) < 4.78 is 9.24. The van der Waals surface area contributed by atoms with Crippen molar-refractivity contribution in [2.24, 2.45) is 0 Å². The maximum atomic E-state index is 12.1. The first kappa shape index (κ1) is 16.3. The lowest BCUT2D eigenvalue weighted by atomic mass is 10.2. The van der Waals surface area contributed by atoms with E-state index in [-0.39, 0.29) is 11.8 Å². The molecule has 0 radical (unpaired) electrons. The Hall–Kier alpha value is -2.13. The van der Waals surface area contributed by atoms with Crippen molar-refractivity contribution < 1.29 is 4.74 Å². The van der Waals surface area contributed by atoms with Crippen LogP contribution in [0.5, 0.6) is 0 Å². The summed E-state index contributed by atoms with van der Waals surface area (Å²) in [6.45, 7) is 2.20. The highest BCUT2D eigenvalue weighted by molar-refractivity contribution is 7.99. The van der Waals surface area contributed by atoms with Crippen LogP contribution in [-0.4, -0.2) is 48.2 Å². The second-order valence-corrected chi connectivity index (χ2v) is 7.14. The van der Waals surface area contributed by atoms with Gasteiger partial charge in [-0.2, -0.15) is 0 Å². The van der Waals surface area contributed by atoms with Crippen LogP contribution in [0.4, 0.5) is 0 Å². The summed E-state index contributed by atoms with van der Waals surface area (Å²) in [7, 11) is 0. The molecule has 9 heteroatoms. The number of tetrazole rings is 1. The highest BCUT2D eigenvalue weighted by atomic mass is 32.2. The minimum Gasteiger partial charge on any atom is -0.376 e. The van der Waals surface area contributed by atoms with Crippen molar-refractivity contribution in [2.75, 3.05) is 12.4 Å². The van der Waals surface area contributed by atoms with Gasteiger partial charge in [-0.05, 0) is 41.8 Å². The SMILES string of the molecule is O=c1[nH]c2ccccc2n1CCCSc1nnnn1C[C@H]1CCCO1. The van der Waals surface area contributed by atoms with E-state index < -0.39 is 0 Å². The summed E-state index contributed by atoms with van der Waals surface area (Å²) in [6.07, 6.45) is 3.24. The van der Waals surface area contributed by atoms with E-state index in [0.29, 0.717) is 13.1 Å². The lowest BCUT2D eigenvalue weighted by Gasteiger charge is -2.10. The van der Waals surface area contributed by atoms with Crippen molar-refractivity contribution in [1.29, 1.82) is 0 Å². The predicted molar refractivity (Wildman–Crippen MR) is 94.7 cm³/mol. The highest BCUT2D eigenvalue weighted by Gasteiger charge is 2.18. The van der Waals surface area contributed by atoms with Crippen molar-refractivity contribution >= 4 is 22.8 Å². The second kappa shape index (κ2) is 7.40. The normalized spacial score (nSPS) is 17.5. The molecule has 1 aliphatic heterocycles. The van der Waals surface area contributed by atoms with Gasteiger partial charge in [0, 0.05) is 18.9 Å². The Bertz CT molecular complexity index is 895. The van der Waals surface area contributed by atoms with Gasteiger partial charge >= 0.3 is 5.69 Å². The third kappa shape index (κ3) is 3.62. The van der Waals surface area contributed by atoms with Gasteiger partial charge in [0.25, 0.3) is 0 Å². The largest absolute Gasteiger partial charge is 0.376 e. The third-order valence-corrected chi connectivity index (χ3v) is 5.38. The molecule has 3 aromatic rings. The fourth-order valence-electron chi connectivity index (χ4n) is 3.11. The zero-order valence-corrected chi connectivity index (χ0v) is 14.6. The number of aromatic amines is 1. The zero-order valence-electron chi connectivity index (χ0n) is 13.8. The molecule has 25 heavy (non-hydrogen) atoms. The Kier molecular flexibility index (Phi) is 4.84. The summed E-state index contributed by atoms with van der Waals surface area (Å²) >= 11 is 1.62. The molecule has 0 amide bonds. The summed E-state index contributed by atoms with van der Waals surface area (Å²) in [5, 5.41) is 12.7. The Labute approximate surface area is 148 Å². The molecule has 132 valence electrons. The van der Waals surface area contributed by atoms with Crippen molar-refractivity contribution in [1.82, 2.24) is 29.8 Å². The van der Waals surface area contributed by atoms with Crippen LogP contribution in [0.1, 0.15) is 19.3 Å². The number of aryl methyl sites for hydroxylation is 1. The molecule has 8 nitrogen and oxygen atoms in total. The monoisotopic (exact) mass is 360 g/mol. The molecule has 1 atom stereocenters. The number of nitrogens with zero attached hydrogens (tertiary/aromatic N) is 5. The van der Waals surface area contributed by atoms with E-state index in [9.17, 15) is 4.79 Å². The average Bonchev–Trinajstić information content (AvgIpc) is 3.34. The van der Waals surface area contributed by atoms with Crippen LogP contribution in [0, 0.1) is 0 Å². The van der Waals surface area contributed by atoms with Crippen LogP contribution in [0.25, 0.3) is 11.0 Å². The van der Waals surface area contributed by atoms with E-state index >= 15 is 0 Å². The number of benzene rings is 1. The van der Waals surface area contributed by atoms with Crippen molar-refractivity contribution in [3.8, 4) is 0 Å². The van der Waals surface area contributed by atoms with Crippen LogP contribution in [0.3, 0.4) is 0 Å². The standard InChI is InChI=1S/C16H20N6O2S/c23-15-17-13-6-1-2-7-14(13)21(15)8-4-10-25-16-18-19-20-22(16)11-12-5-3-9-24-12/h1-2,6-7,12H,3-5,8-11H2,(H,17,23)/t12-/m1/s1. The fraction of sp³-hybridized carbons (Fsp3) is 0.500. The van der Waals surface area contributed by atoms with E-state index in [2.05, 4.69) is 20.5 Å². The van der Waals surface area contributed by atoms with Crippen LogP contribution >= 0.6 is 11.8 Å². The first-order valence-corrected chi connectivity index (χ1v) is 9.48. The van der Waals surface area contributed by atoms with E-state index in [0.717, 1.165) is 47.8 Å². The zero-order chi connectivity index (χ0) is 17.1. The number of H-pyrrole nitrogens is 1. The smallest absolute Gasteiger partial charge is 0.326 e. The number of aromatic nitrogens is 6. The number of nitrogens with one attached hydrogen (secondary N) is 1. The summed E-state index contributed by atoms with van der Waals surface area (Å²) in [4.78, 5) is 14.9. The number of imidazole rings is 1. The molecule has 0 spiro atoms. The number of ether oxygens (including phenoxy) is 1. The Morgan fingerprint density at radius 1 is 1.36 bits per heavy atom. The lowest BCUT2D eigenvalue weighted by Crippen LogP contribution is -2.18. The molecular formula is C16H20N6O2S. The fourth-order valence-corrected chi connectivity index (χ4v) is 3.92. The Morgan fingerprint density at radius 3 is 3.16 bits per heavy atom. The maximum Gasteiger partial charge on any atom is 0.326 e. The van der Waals surface area contributed by atoms with Crippen LogP contribution in [0.2, 0.25) is 0 Å². The number of para-hydroxylation sites is 2. The van der Waals surface area contributed by atoms with Gasteiger partial charge in [-0.3, -0.25) is 4.57 Å². The van der Waals surface area contributed by atoms with E-state index in [1.54, 1.807) is 16.3 Å². The molecule has 1 N–H and O–H groups in total. The van der Waals surface area contributed by atoms with Crippen molar-refractivity contribution in [3.63, 3.8) is 0 Å². The molecule has 4 rings (SSSR count). The second-order valence-electron chi connectivity index (χ2n) is 6.08. The molecule has 3 heterocycles. The van der Waals surface area contributed by atoms with Crippen molar-refractivity contribution in [2.45, 2.75) is 43.6 Å². The topological polar surface area (TPSA) is 90.6 Å². The molecule has 1 aromatic carbocycles. The molecular weight excluding hydrogens is 340 g/mol. The molecule has 0 unspecified atom stereocenters. The summed E-state index contributed by atoms with van der Waals surface area (Å²) in [5.41, 5.74) is 1.76. The Balaban J connectivity index is 1.33. The van der Waals surface area contributed by atoms with Gasteiger partial charge in [-0.15, -0.1) is 5.10 Å². The molecule has 0 aliphatic carbocycles. The van der Waals surface area contributed by atoms with Gasteiger partial charge in [-0.1, -0.05) is 23.9 Å². The van der Waals surface area contributed by atoms with Crippen molar-refractivity contribution in [3.05, 3.63) is 34.7 Å². The Morgan fingerprint density at radius 2 is 2.28 bits per heavy atom. The van der Waals surface area contributed by atoms with Gasteiger partial charge in [0.15, 0.2) is 0 Å². The number of thioether (sulfide) groups is 1. The maximum absolute atomic E-state index is 12.1. The molecule has 2 aromatic heterocycles. The van der Waals surface area contributed by atoms with Crippen LogP contribution in [0.15, 0.2) is 34.2 Å². The van der Waals surface area contributed by atoms with Gasteiger partial charge < -0.3 is 9.72 Å². The predicted octanol–water partition coefficient (Wildman–Crippen LogP) is 1.68. The molecule has 0 saturated carbocycles. The van der Waals surface area contributed by atoms with E-state index in [1.807, 2.05) is 28.9 Å². The highest BCUT2D eigenvalue weighted by Crippen LogP contribution is 2.19. The minimum absolute atomic E-state index is 0.0607. The number of rotatable bonds is 7. The quantitative estimate of drug-likeness (QED) is 0.509. The third-order valence-electron chi connectivity index (χ3n) is 4.34. The van der Waals surface area contributed by atoms with Gasteiger partial charge in [0.05, 0.1) is 23.7 Å². The van der Waals surface area contributed by atoms with Crippen LogP contribution < -0.4 is 5.69 Å². The lowest BCUT2D eigenvalue weighted by molar-refractivity contribution is 0.0912. The average molecular weight is 360 g/mol.